The number of nitrogens with zero attached hydrogens (tertiary/aromatic N) is 4. The number of nitrogens with one attached hydrogen (secondary N) is 1. The normalized spacial score (nSPS) is 16.1. The van der Waals surface area contributed by atoms with Crippen molar-refractivity contribution in [3.05, 3.63) is 36.0 Å². The summed E-state index contributed by atoms with van der Waals surface area (Å²) >= 11 is 1.55. The van der Waals surface area contributed by atoms with Gasteiger partial charge < -0.3 is 14.6 Å². The molecule has 23 heavy (non-hydrogen) atoms. The van der Waals surface area contributed by atoms with Gasteiger partial charge in [-0.1, -0.05) is 11.3 Å². The van der Waals surface area contributed by atoms with Crippen LogP contribution in [-0.2, 0) is 0 Å². The van der Waals surface area contributed by atoms with Crippen LogP contribution in [0.1, 0.15) is 28.9 Å². The molecule has 1 N–H and O–H groups in total. The third kappa shape index (κ3) is 2.81. The highest BCUT2D eigenvalue weighted by molar-refractivity contribution is 7.20. The van der Waals surface area contributed by atoms with Gasteiger partial charge >= 0.3 is 0 Å². The highest BCUT2D eigenvalue weighted by Crippen LogP contribution is 2.23. The molecule has 4 rings (SSSR count). The van der Waals surface area contributed by atoms with Gasteiger partial charge in [0.15, 0.2) is 0 Å². The van der Waals surface area contributed by atoms with Crippen LogP contribution in [0.15, 0.2) is 29.2 Å². The SMILES string of the molecule is Cc1cn2nc(NC3CCN(C(=O)c4ccoc4)CC3)sc2n1. The number of hydrogen-bond acceptors (Lipinski definition) is 6. The van der Waals surface area contributed by atoms with Gasteiger partial charge in [-0.2, -0.15) is 0 Å². The maximum Gasteiger partial charge on any atom is 0.257 e. The Hall–Kier alpha value is -2.35. The summed E-state index contributed by atoms with van der Waals surface area (Å²) in [5.41, 5.74) is 1.59. The van der Waals surface area contributed by atoms with E-state index in [-0.39, 0.29) is 5.91 Å². The van der Waals surface area contributed by atoms with E-state index in [0.717, 1.165) is 41.7 Å². The van der Waals surface area contributed by atoms with Gasteiger partial charge in [0.1, 0.15) is 6.26 Å². The number of likely N-dealkylation sites (tertiary alicyclic amines) is 1. The number of furan rings is 1. The first-order valence-corrected chi connectivity index (χ1v) is 8.41. The minimum Gasteiger partial charge on any atom is -0.472 e. The summed E-state index contributed by atoms with van der Waals surface area (Å²) < 4.78 is 6.79. The highest BCUT2D eigenvalue weighted by Gasteiger charge is 2.24. The number of amides is 1. The standard InChI is InChI=1S/C15H17N5O2S/c1-10-8-20-15(16-10)23-14(18-20)17-12-2-5-19(6-3-12)13(21)11-4-7-22-9-11/h4,7-9,12H,2-3,5-6H2,1H3,(H,17,18). The van der Waals surface area contributed by atoms with Crippen LogP contribution >= 0.6 is 11.3 Å². The van der Waals surface area contributed by atoms with E-state index in [1.165, 1.54) is 12.5 Å². The number of hydrogen-bond donors (Lipinski definition) is 1. The Balaban J connectivity index is 1.36. The first kappa shape index (κ1) is 14.3. The van der Waals surface area contributed by atoms with Crippen molar-refractivity contribution in [2.24, 2.45) is 0 Å². The molecule has 7 nitrogen and oxygen atoms in total. The fraction of sp³-hybridized carbons (Fsp3) is 0.400. The molecule has 3 aromatic rings. The number of imidazole rings is 1. The van der Waals surface area contributed by atoms with Crippen molar-refractivity contribution in [3.8, 4) is 0 Å². The van der Waals surface area contributed by atoms with Crippen molar-refractivity contribution in [3.63, 3.8) is 0 Å². The first-order valence-electron chi connectivity index (χ1n) is 7.60. The molecule has 0 atom stereocenters. The number of rotatable bonds is 3. The van der Waals surface area contributed by atoms with Gasteiger partial charge in [0, 0.05) is 19.1 Å². The molecule has 8 heteroatoms. The third-order valence-electron chi connectivity index (χ3n) is 4.04. The molecule has 1 fully saturated rings. The number of anilines is 1. The molecular weight excluding hydrogens is 314 g/mol. The highest BCUT2D eigenvalue weighted by atomic mass is 32.1. The number of aryl methyl sites for hydroxylation is 1. The Kier molecular flexibility index (Phi) is 3.53. The molecule has 0 radical (unpaired) electrons. The van der Waals surface area contributed by atoms with Crippen LogP contribution in [0.2, 0.25) is 0 Å². The second kappa shape index (κ2) is 5.69. The van der Waals surface area contributed by atoms with Crippen LogP contribution in [0.4, 0.5) is 5.13 Å². The zero-order valence-corrected chi connectivity index (χ0v) is 13.5. The number of fused-ring (bicyclic) bond motifs is 1. The Bertz CT molecular complexity index is 783. The second-order valence-corrected chi connectivity index (χ2v) is 6.70. The van der Waals surface area contributed by atoms with E-state index >= 15 is 0 Å². The van der Waals surface area contributed by atoms with Crippen LogP contribution < -0.4 is 5.32 Å². The first-order chi connectivity index (χ1) is 11.2. The minimum absolute atomic E-state index is 0.0420. The average molecular weight is 331 g/mol. The molecular formula is C15H17N5O2S. The van der Waals surface area contributed by atoms with Crippen molar-refractivity contribution in [2.75, 3.05) is 18.4 Å². The summed E-state index contributed by atoms with van der Waals surface area (Å²) in [4.78, 5) is 19.4. The minimum atomic E-state index is 0.0420. The smallest absolute Gasteiger partial charge is 0.257 e. The van der Waals surface area contributed by atoms with Crippen molar-refractivity contribution in [2.45, 2.75) is 25.8 Å². The largest absolute Gasteiger partial charge is 0.472 e. The lowest BCUT2D eigenvalue weighted by atomic mass is 10.0. The zero-order chi connectivity index (χ0) is 15.8. The predicted octanol–water partition coefficient (Wildman–Crippen LogP) is 2.41. The lowest BCUT2D eigenvalue weighted by Crippen LogP contribution is -2.42. The molecule has 0 saturated carbocycles. The van der Waals surface area contributed by atoms with E-state index in [1.807, 2.05) is 18.0 Å². The van der Waals surface area contributed by atoms with Gasteiger partial charge in [-0.3, -0.25) is 4.79 Å². The molecule has 4 heterocycles. The Morgan fingerprint density at radius 3 is 2.96 bits per heavy atom. The number of carbonyl (C=O) groups is 1. The van der Waals surface area contributed by atoms with Gasteiger partial charge in [0.05, 0.1) is 23.7 Å². The van der Waals surface area contributed by atoms with Crippen molar-refractivity contribution in [1.29, 1.82) is 0 Å². The van der Waals surface area contributed by atoms with Crippen LogP contribution in [0.5, 0.6) is 0 Å². The van der Waals surface area contributed by atoms with Crippen LogP contribution in [0.25, 0.3) is 4.96 Å². The van der Waals surface area contributed by atoms with Crippen LogP contribution in [-0.4, -0.2) is 44.5 Å². The quantitative estimate of drug-likeness (QED) is 0.797. The molecule has 0 spiro atoms. The van der Waals surface area contributed by atoms with Gasteiger partial charge in [0.2, 0.25) is 10.1 Å². The molecule has 0 bridgehead atoms. The monoisotopic (exact) mass is 331 g/mol. The van der Waals surface area contributed by atoms with Crippen molar-refractivity contribution in [1.82, 2.24) is 19.5 Å². The molecule has 1 aliphatic heterocycles. The maximum atomic E-state index is 12.3. The molecule has 1 saturated heterocycles. The van der Waals surface area contributed by atoms with E-state index in [2.05, 4.69) is 15.4 Å². The lowest BCUT2D eigenvalue weighted by Gasteiger charge is -2.32. The second-order valence-electron chi connectivity index (χ2n) is 5.74. The van der Waals surface area contributed by atoms with Crippen LogP contribution in [0, 0.1) is 6.92 Å². The molecule has 1 aliphatic rings. The fourth-order valence-corrected chi connectivity index (χ4v) is 3.74. The van der Waals surface area contributed by atoms with E-state index in [9.17, 15) is 4.79 Å². The molecule has 1 amide bonds. The summed E-state index contributed by atoms with van der Waals surface area (Å²) in [6.07, 6.45) is 6.76. The number of carbonyl (C=O) groups excluding carboxylic acids is 1. The number of piperidine rings is 1. The maximum absolute atomic E-state index is 12.3. The third-order valence-corrected chi connectivity index (χ3v) is 4.90. The molecule has 0 unspecified atom stereocenters. The van der Waals surface area contributed by atoms with E-state index < -0.39 is 0 Å². The fourth-order valence-electron chi connectivity index (χ4n) is 2.84. The Morgan fingerprint density at radius 2 is 2.26 bits per heavy atom. The summed E-state index contributed by atoms with van der Waals surface area (Å²) in [6, 6.07) is 2.04. The summed E-state index contributed by atoms with van der Waals surface area (Å²) in [6.45, 7) is 3.44. The van der Waals surface area contributed by atoms with Crippen molar-refractivity contribution >= 4 is 27.3 Å². The molecule has 120 valence electrons. The summed E-state index contributed by atoms with van der Waals surface area (Å²) in [5.74, 6) is 0.0420. The molecule has 0 aromatic carbocycles. The van der Waals surface area contributed by atoms with E-state index in [4.69, 9.17) is 4.42 Å². The Labute approximate surface area is 136 Å². The molecule has 3 aromatic heterocycles. The van der Waals surface area contributed by atoms with Gasteiger partial charge in [0.25, 0.3) is 5.91 Å². The summed E-state index contributed by atoms with van der Waals surface area (Å²) in [5, 5.41) is 8.83. The Morgan fingerprint density at radius 1 is 1.43 bits per heavy atom. The van der Waals surface area contributed by atoms with E-state index in [0.29, 0.717) is 11.6 Å². The van der Waals surface area contributed by atoms with Gasteiger partial charge in [-0.15, -0.1) is 5.10 Å². The van der Waals surface area contributed by atoms with E-state index in [1.54, 1.807) is 21.9 Å². The summed E-state index contributed by atoms with van der Waals surface area (Å²) in [7, 11) is 0. The van der Waals surface area contributed by atoms with Crippen LogP contribution in [0.3, 0.4) is 0 Å². The molecule has 0 aliphatic carbocycles. The predicted molar refractivity (Wildman–Crippen MR) is 86.9 cm³/mol. The van der Waals surface area contributed by atoms with Crippen molar-refractivity contribution < 1.29 is 9.21 Å². The zero-order valence-electron chi connectivity index (χ0n) is 12.7. The lowest BCUT2D eigenvalue weighted by molar-refractivity contribution is 0.0718. The van der Waals surface area contributed by atoms with Gasteiger partial charge in [-0.25, -0.2) is 9.50 Å². The number of aromatic nitrogens is 3. The topological polar surface area (TPSA) is 75.7 Å². The van der Waals surface area contributed by atoms with Gasteiger partial charge in [-0.05, 0) is 25.8 Å². The average Bonchev–Trinajstić information content (AvgIpc) is 3.23.